The molecule has 1 N–H and O–H groups in total. The van der Waals surface area contributed by atoms with Crippen LogP contribution in [0, 0.1) is 30.9 Å². The zero-order valence-electron chi connectivity index (χ0n) is 14.9. The van der Waals surface area contributed by atoms with E-state index >= 15 is 0 Å². The minimum Gasteiger partial charge on any atom is -0.324 e. The first-order valence-electron chi connectivity index (χ1n) is 8.02. The molecule has 2 aromatic heterocycles. The lowest BCUT2D eigenvalue weighted by Crippen LogP contribution is -2.20. The number of benzene rings is 1. The molecule has 0 bridgehead atoms. The summed E-state index contributed by atoms with van der Waals surface area (Å²) in [5.41, 5.74) is 2.25. The quantitative estimate of drug-likeness (QED) is 0.493. The maximum absolute atomic E-state index is 12.2. The Morgan fingerprint density at radius 3 is 2.56 bits per heavy atom. The predicted octanol–water partition coefficient (Wildman–Crippen LogP) is 3.96. The summed E-state index contributed by atoms with van der Waals surface area (Å²) in [6.45, 7) is 5.00. The molecule has 0 aliphatic carbocycles. The van der Waals surface area contributed by atoms with Gasteiger partial charge in [-0.2, -0.15) is 5.10 Å². The Morgan fingerprint density at radius 1 is 1.30 bits per heavy atom. The number of hydrogen-bond donors (Lipinski definition) is 1. The topological polar surface area (TPSA) is 103 Å². The molecule has 0 fully saturated rings. The van der Waals surface area contributed by atoms with Gasteiger partial charge in [-0.1, -0.05) is 11.8 Å². The molecule has 3 aromatic rings. The van der Waals surface area contributed by atoms with Crippen molar-refractivity contribution in [2.45, 2.75) is 36.6 Å². The fourth-order valence-corrected chi connectivity index (χ4v) is 4.34. The highest BCUT2D eigenvalue weighted by Crippen LogP contribution is 2.30. The minimum atomic E-state index is -0.480. The van der Waals surface area contributed by atoms with Gasteiger partial charge in [-0.25, -0.2) is 4.98 Å². The normalized spacial score (nSPS) is 10.8. The van der Waals surface area contributed by atoms with Gasteiger partial charge >= 0.3 is 5.69 Å². The van der Waals surface area contributed by atoms with E-state index in [1.807, 2.05) is 36.6 Å². The molecule has 0 aliphatic heterocycles. The molecule has 0 aliphatic rings. The van der Waals surface area contributed by atoms with E-state index < -0.39 is 4.92 Å². The van der Waals surface area contributed by atoms with Gasteiger partial charge in [0.25, 0.3) is 0 Å². The largest absolute Gasteiger partial charge is 0.324 e. The second kappa shape index (κ2) is 7.89. The van der Waals surface area contributed by atoms with Crippen LogP contribution < -0.4 is 5.32 Å². The monoisotopic (exact) mass is 403 g/mol. The molecule has 1 amide bonds. The smallest absolute Gasteiger partial charge is 0.312 e. The van der Waals surface area contributed by atoms with Crippen LogP contribution >= 0.6 is 23.1 Å². The molecule has 0 unspecified atom stereocenters. The molecule has 0 saturated heterocycles. The molecule has 1 aromatic carbocycles. The first-order valence-corrected chi connectivity index (χ1v) is 9.71. The Kier molecular flexibility index (Phi) is 5.57. The van der Waals surface area contributed by atoms with E-state index in [2.05, 4.69) is 15.4 Å². The number of carbonyl (C=O) groups excluding carboxylic acids is 1. The van der Waals surface area contributed by atoms with Crippen molar-refractivity contribution >= 4 is 40.4 Å². The average molecular weight is 403 g/mol. The second-order valence-corrected chi connectivity index (χ2v) is 8.04. The number of nitro groups is 1. The molecule has 0 atom stereocenters. The zero-order chi connectivity index (χ0) is 19.6. The molecular weight excluding hydrogens is 386 g/mol. The zero-order valence-corrected chi connectivity index (χ0v) is 16.6. The summed E-state index contributed by atoms with van der Waals surface area (Å²) in [5.74, 6) is -0.300. The van der Waals surface area contributed by atoms with E-state index in [0.717, 1.165) is 14.9 Å². The molecule has 10 heteroatoms. The third-order valence-electron chi connectivity index (χ3n) is 3.76. The Morgan fingerprint density at radius 2 is 2.00 bits per heavy atom. The summed E-state index contributed by atoms with van der Waals surface area (Å²) in [5, 5.41) is 19.9. The molecule has 2 heterocycles. The van der Waals surface area contributed by atoms with Crippen molar-refractivity contribution < 1.29 is 9.72 Å². The van der Waals surface area contributed by atoms with Crippen LogP contribution in [0.3, 0.4) is 0 Å². The van der Waals surface area contributed by atoms with Gasteiger partial charge in [0.1, 0.15) is 17.9 Å². The van der Waals surface area contributed by atoms with Crippen LogP contribution in [0.15, 0.2) is 38.9 Å². The Hall–Kier alpha value is -2.72. The SMILES string of the molecule is Cc1csc(Sc2ccc(NC(=O)Cn3nc(C)c([N+](=O)[O-])c3C)cc2)n1. The third-order valence-corrected chi connectivity index (χ3v) is 5.82. The van der Waals surface area contributed by atoms with Crippen LogP contribution in [0.2, 0.25) is 0 Å². The fourth-order valence-electron chi connectivity index (χ4n) is 2.53. The molecule has 0 radical (unpaired) electrons. The van der Waals surface area contributed by atoms with Gasteiger partial charge in [-0.05, 0) is 45.0 Å². The van der Waals surface area contributed by atoms with Crippen molar-refractivity contribution in [3.63, 3.8) is 0 Å². The van der Waals surface area contributed by atoms with Crippen LogP contribution in [0.4, 0.5) is 11.4 Å². The van der Waals surface area contributed by atoms with Crippen molar-refractivity contribution in [2.75, 3.05) is 5.32 Å². The minimum absolute atomic E-state index is 0.0541. The van der Waals surface area contributed by atoms with Gasteiger partial charge in [-0.15, -0.1) is 11.3 Å². The summed E-state index contributed by atoms with van der Waals surface area (Å²) in [7, 11) is 0. The van der Waals surface area contributed by atoms with Gasteiger partial charge < -0.3 is 5.32 Å². The summed E-state index contributed by atoms with van der Waals surface area (Å²) in [4.78, 5) is 28.2. The highest BCUT2D eigenvalue weighted by Gasteiger charge is 2.22. The van der Waals surface area contributed by atoms with E-state index in [1.165, 1.54) is 4.68 Å². The lowest BCUT2D eigenvalue weighted by molar-refractivity contribution is -0.386. The van der Waals surface area contributed by atoms with Crippen molar-refractivity contribution in [3.05, 3.63) is 56.8 Å². The van der Waals surface area contributed by atoms with Crippen molar-refractivity contribution in [1.29, 1.82) is 0 Å². The van der Waals surface area contributed by atoms with Crippen LogP contribution in [-0.4, -0.2) is 25.6 Å². The summed E-state index contributed by atoms with van der Waals surface area (Å²) in [6, 6.07) is 7.44. The lowest BCUT2D eigenvalue weighted by Gasteiger charge is -2.07. The number of nitrogens with zero attached hydrogens (tertiary/aromatic N) is 4. The van der Waals surface area contributed by atoms with E-state index in [4.69, 9.17) is 0 Å². The maximum atomic E-state index is 12.2. The number of aromatic nitrogens is 3. The van der Waals surface area contributed by atoms with E-state index in [1.54, 1.807) is 36.9 Å². The summed E-state index contributed by atoms with van der Waals surface area (Å²) < 4.78 is 2.31. The molecule has 3 rings (SSSR count). The number of nitrogens with one attached hydrogen (secondary N) is 1. The first kappa shape index (κ1) is 19.1. The highest BCUT2D eigenvalue weighted by atomic mass is 32.2. The Labute approximate surface area is 163 Å². The second-order valence-electron chi connectivity index (χ2n) is 5.86. The van der Waals surface area contributed by atoms with Gasteiger partial charge in [0, 0.05) is 21.7 Å². The predicted molar refractivity (Wildman–Crippen MR) is 104 cm³/mol. The molecule has 27 heavy (non-hydrogen) atoms. The molecule has 140 valence electrons. The standard InChI is InChI=1S/C17H17N5O3S2/c1-10-9-26-17(18-10)27-14-6-4-13(5-7-14)19-15(23)8-21-12(3)16(22(24)25)11(2)20-21/h4-7,9H,8H2,1-3H3,(H,19,23). The van der Waals surface area contributed by atoms with E-state index in [0.29, 0.717) is 17.1 Å². The van der Waals surface area contributed by atoms with Crippen molar-refractivity contribution in [1.82, 2.24) is 14.8 Å². The number of anilines is 1. The molecular formula is C17H17N5O3S2. The van der Waals surface area contributed by atoms with Gasteiger partial charge in [0.2, 0.25) is 5.91 Å². The summed E-state index contributed by atoms with van der Waals surface area (Å²) >= 11 is 3.16. The first-order chi connectivity index (χ1) is 12.8. The van der Waals surface area contributed by atoms with E-state index in [-0.39, 0.29) is 18.1 Å². The molecule has 0 saturated carbocycles. The maximum Gasteiger partial charge on any atom is 0.312 e. The highest BCUT2D eigenvalue weighted by molar-refractivity contribution is 8.01. The number of thiazole rings is 1. The third kappa shape index (κ3) is 4.52. The molecule has 0 spiro atoms. The number of carbonyl (C=O) groups is 1. The molecule has 8 nitrogen and oxygen atoms in total. The Bertz CT molecular complexity index is 995. The van der Waals surface area contributed by atoms with Gasteiger partial charge in [-0.3, -0.25) is 19.6 Å². The van der Waals surface area contributed by atoms with Gasteiger partial charge in [0.15, 0.2) is 4.34 Å². The number of rotatable bonds is 6. The lowest BCUT2D eigenvalue weighted by atomic mass is 10.3. The van der Waals surface area contributed by atoms with Crippen LogP contribution in [0.5, 0.6) is 0 Å². The van der Waals surface area contributed by atoms with Gasteiger partial charge in [0.05, 0.1) is 4.92 Å². The van der Waals surface area contributed by atoms with Crippen LogP contribution in [0.1, 0.15) is 17.1 Å². The van der Waals surface area contributed by atoms with Crippen LogP contribution in [0.25, 0.3) is 0 Å². The number of aryl methyl sites for hydroxylation is 2. The number of amides is 1. The summed E-state index contributed by atoms with van der Waals surface area (Å²) in [6.07, 6.45) is 0. The van der Waals surface area contributed by atoms with Crippen molar-refractivity contribution in [3.8, 4) is 0 Å². The van der Waals surface area contributed by atoms with E-state index in [9.17, 15) is 14.9 Å². The van der Waals surface area contributed by atoms with Crippen molar-refractivity contribution in [2.24, 2.45) is 0 Å². The van der Waals surface area contributed by atoms with Crippen LogP contribution in [-0.2, 0) is 11.3 Å². The Balaban J connectivity index is 1.63. The average Bonchev–Trinajstić information content (AvgIpc) is 3.12. The fraction of sp³-hybridized carbons (Fsp3) is 0.235. The number of hydrogen-bond acceptors (Lipinski definition) is 7.